The van der Waals surface area contributed by atoms with Gasteiger partial charge in [0, 0.05) is 12.4 Å². The van der Waals surface area contributed by atoms with Crippen LogP contribution in [-0.4, -0.2) is 14.9 Å². The zero-order chi connectivity index (χ0) is 9.10. The molecule has 2 aromatic rings. The molecule has 0 aliphatic heterocycles. The molecule has 0 unspecified atom stereocenters. The van der Waals surface area contributed by atoms with Gasteiger partial charge in [0.15, 0.2) is 5.82 Å². The predicted molar refractivity (Wildman–Crippen MR) is 50.2 cm³/mol. The van der Waals surface area contributed by atoms with Crippen molar-refractivity contribution >= 4 is 5.82 Å². The highest BCUT2D eigenvalue weighted by atomic mass is 15.4. The number of anilines is 1. The Balaban J connectivity index is 2.19. The van der Waals surface area contributed by atoms with Crippen LogP contribution >= 0.6 is 0 Å². The van der Waals surface area contributed by atoms with E-state index in [1.54, 1.807) is 6.20 Å². The molecule has 0 aromatic carbocycles. The van der Waals surface area contributed by atoms with Gasteiger partial charge >= 0.3 is 0 Å². The Labute approximate surface area is 76.2 Å². The third-order valence-electron chi connectivity index (χ3n) is 1.64. The van der Waals surface area contributed by atoms with E-state index in [4.69, 9.17) is 0 Å². The van der Waals surface area contributed by atoms with E-state index in [1.807, 2.05) is 42.2 Å². The molecule has 1 N–H and O–H groups in total. The van der Waals surface area contributed by atoms with Crippen molar-refractivity contribution in [2.75, 3.05) is 5.43 Å². The van der Waals surface area contributed by atoms with Crippen LogP contribution in [0.4, 0.5) is 5.82 Å². The molecule has 0 aliphatic carbocycles. The van der Waals surface area contributed by atoms with Gasteiger partial charge in [-0.2, -0.15) is 5.10 Å². The van der Waals surface area contributed by atoms with Crippen molar-refractivity contribution in [2.45, 2.75) is 6.92 Å². The summed E-state index contributed by atoms with van der Waals surface area (Å²) in [5.41, 5.74) is 4.16. The molecule has 66 valence electrons. The third kappa shape index (κ3) is 1.84. The minimum Gasteiger partial charge on any atom is -0.277 e. The minimum atomic E-state index is 0.746. The summed E-state index contributed by atoms with van der Waals surface area (Å²) in [5, 5.41) is 7.77. The molecule has 0 amide bonds. The van der Waals surface area contributed by atoms with Gasteiger partial charge in [-0.3, -0.25) is 10.1 Å². The first-order valence-corrected chi connectivity index (χ1v) is 4.04. The maximum Gasteiger partial charge on any atom is 0.167 e. The standard InChI is InChI=1S/C9H10N4/c1-8-6-9(11-10-7-8)12-13-4-2-3-5-13/h2-7H,1H3,(H,11,12). The van der Waals surface area contributed by atoms with E-state index in [2.05, 4.69) is 15.6 Å². The van der Waals surface area contributed by atoms with E-state index in [9.17, 15) is 0 Å². The summed E-state index contributed by atoms with van der Waals surface area (Å²) in [6.07, 6.45) is 5.54. The lowest BCUT2D eigenvalue weighted by molar-refractivity contribution is 0.915. The average Bonchev–Trinajstić information content (AvgIpc) is 2.57. The van der Waals surface area contributed by atoms with Crippen molar-refractivity contribution in [3.05, 3.63) is 42.4 Å². The van der Waals surface area contributed by atoms with Gasteiger partial charge in [0.05, 0.1) is 6.20 Å². The molecule has 4 nitrogen and oxygen atoms in total. The molecule has 0 radical (unpaired) electrons. The smallest absolute Gasteiger partial charge is 0.167 e. The fourth-order valence-electron chi connectivity index (χ4n) is 1.06. The first-order chi connectivity index (χ1) is 6.34. The number of nitrogens with one attached hydrogen (secondary N) is 1. The molecule has 0 spiro atoms. The quantitative estimate of drug-likeness (QED) is 0.749. The van der Waals surface area contributed by atoms with E-state index in [0.29, 0.717) is 0 Å². The van der Waals surface area contributed by atoms with Crippen LogP contribution < -0.4 is 5.43 Å². The van der Waals surface area contributed by atoms with Crippen LogP contribution in [0.5, 0.6) is 0 Å². The molecular weight excluding hydrogens is 164 g/mol. The van der Waals surface area contributed by atoms with Crippen LogP contribution in [0.1, 0.15) is 5.56 Å². The summed E-state index contributed by atoms with van der Waals surface area (Å²) in [7, 11) is 0. The molecule has 0 saturated heterocycles. The molecule has 2 heterocycles. The largest absolute Gasteiger partial charge is 0.277 e. The molecule has 0 bridgehead atoms. The number of hydrogen-bond acceptors (Lipinski definition) is 3. The zero-order valence-corrected chi connectivity index (χ0v) is 7.31. The van der Waals surface area contributed by atoms with Gasteiger partial charge < -0.3 is 0 Å². The Morgan fingerprint density at radius 1 is 1.31 bits per heavy atom. The first kappa shape index (κ1) is 7.79. The fourth-order valence-corrected chi connectivity index (χ4v) is 1.06. The van der Waals surface area contributed by atoms with E-state index >= 15 is 0 Å². The Morgan fingerprint density at radius 2 is 2.08 bits per heavy atom. The van der Waals surface area contributed by atoms with Gasteiger partial charge in [-0.25, -0.2) is 0 Å². The van der Waals surface area contributed by atoms with Crippen LogP contribution in [0.25, 0.3) is 0 Å². The highest BCUT2D eigenvalue weighted by molar-refractivity contribution is 5.34. The third-order valence-corrected chi connectivity index (χ3v) is 1.64. The fraction of sp³-hybridized carbons (Fsp3) is 0.111. The van der Waals surface area contributed by atoms with E-state index in [1.165, 1.54) is 0 Å². The van der Waals surface area contributed by atoms with Crippen molar-refractivity contribution in [3.63, 3.8) is 0 Å². The van der Waals surface area contributed by atoms with Gasteiger partial charge in [0.1, 0.15) is 0 Å². The number of rotatable bonds is 2. The Morgan fingerprint density at radius 3 is 2.77 bits per heavy atom. The number of aryl methyl sites for hydroxylation is 1. The van der Waals surface area contributed by atoms with Crippen molar-refractivity contribution < 1.29 is 0 Å². The lowest BCUT2D eigenvalue weighted by Gasteiger charge is -2.05. The number of nitrogens with zero attached hydrogens (tertiary/aromatic N) is 3. The summed E-state index contributed by atoms with van der Waals surface area (Å²) in [6, 6.07) is 5.82. The molecule has 2 rings (SSSR count). The Bertz CT molecular complexity index is 380. The SMILES string of the molecule is Cc1cnnc(Nn2cccc2)c1. The summed E-state index contributed by atoms with van der Waals surface area (Å²) >= 11 is 0. The lowest BCUT2D eigenvalue weighted by atomic mass is 10.3. The molecular formula is C9H10N4. The summed E-state index contributed by atoms with van der Waals surface area (Å²) in [4.78, 5) is 0. The lowest BCUT2D eigenvalue weighted by Crippen LogP contribution is -2.07. The summed E-state index contributed by atoms with van der Waals surface area (Å²) < 4.78 is 1.82. The van der Waals surface area contributed by atoms with Gasteiger partial charge in [0.2, 0.25) is 0 Å². The summed E-state index contributed by atoms with van der Waals surface area (Å²) in [6.45, 7) is 1.98. The van der Waals surface area contributed by atoms with Crippen molar-refractivity contribution in [1.82, 2.24) is 14.9 Å². The van der Waals surface area contributed by atoms with Crippen LogP contribution in [0, 0.1) is 6.92 Å². The van der Waals surface area contributed by atoms with E-state index in [-0.39, 0.29) is 0 Å². The second-order valence-electron chi connectivity index (χ2n) is 2.82. The predicted octanol–water partition coefficient (Wildman–Crippen LogP) is 1.46. The second kappa shape index (κ2) is 3.26. The maximum absolute atomic E-state index is 3.93. The first-order valence-electron chi connectivity index (χ1n) is 4.04. The molecule has 0 atom stereocenters. The van der Waals surface area contributed by atoms with E-state index < -0.39 is 0 Å². The molecule has 2 aromatic heterocycles. The Hall–Kier alpha value is -1.84. The van der Waals surface area contributed by atoms with Crippen molar-refractivity contribution in [1.29, 1.82) is 0 Å². The zero-order valence-electron chi connectivity index (χ0n) is 7.31. The van der Waals surface area contributed by atoms with Crippen molar-refractivity contribution in [2.24, 2.45) is 0 Å². The van der Waals surface area contributed by atoms with Gasteiger partial charge in [0.25, 0.3) is 0 Å². The highest BCUT2D eigenvalue weighted by Crippen LogP contribution is 2.03. The molecule has 4 heteroatoms. The molecule has 0 saturated carbocycles. The number of hydrogen-bond donors (Lipinski definition) is 1. The van der Waals surface area contributed by atoms with Gasteiger partial charge in [-0.05, 0) is 30.7 Å². The molecule has 0 fully saturated rings. The van der Waals surface area contributed by atoms with Crippen LogP contribution in [-0.2, 0) is 0 Å². The maximum atomic E-state index is 3.93. The van der Waals surface area contributed by atoms with Gasteiger partial charge in [-0.15, -0.1) is 5.10 Å². The summed E-state index contributed by atoms with van der Waals surface area (Å²) in [5.74, 6) is 0.746. The van der Waals surface area contributed by atoms with Gasteiger partial charge in [-0.1, -0.05) is 0 Å². The number of aromatic nitrogens is 3. The average molecular weight is 174 g/mol. The highest BCUT2D eigenvalue weighted by Gasteiger charge is 1.93. The molecule has 0 aliphatic rings. The Kier molecular flexibility index (Phi) is 1.96. The van der Waals surface area contributed by atoms with Crippen LogP contribution in [0.15, 0.2) is 36.8 Å². The normalized spacial score (nSPS) is 9.92. The monoisotopic (exact) mass is 174 g/mol. The second-order valence-corrected chi connectivity index (χ2v) is 2.82. The molecule has 13 heavy (non-hydrogen) atoms. The van der Waals surface area contributed by atoms with Crippen LogP contribution in [0.2, 0.25) is 0 Å². The topological polar surface area (TPSA) is 42.7 Å². The van der Waals surface area contributed by atoms with Crippen molar-refractivity contribution in [3.8, 4) is 0 Å². The van der Waals surface area contributed by atoms with E-state index in [0.717, 1.165) is 11.4 Å². The van der Waals surface area contributed by atoms with Crippen LogP contribution in [0.3, 0.4) is 0 Å². The minimum absolute atomic E-state index is 0.746.